The summed E-state index contributed by atoms with van der Waals surface area (Å²) < 4.78 is 10.8. The molecule has 7 nitrogen and oxygen atoms in total. The van der Waals surface area contributed by atoms with E-state index in [0.717, 1.165) is 30.6 Å². The molecule has 0 radical (unpaired) electrons. The lowest BCUT2D eigenvalue weighted by atomic mass is 9.74. The van der Waals surface area contributed by atoms with Gasteiger partial charge in [-0.05, 0) is 43.4 Å². The number of likely N-dealkylation sites (tertiary alicyclic amines) is 1. The zero-order valence-electron chi connectivity index (χ0n) is 15.8. The second-order valence-electron chi connectivity index (χ2n) is 7.40. The van der Waals surface area contributed by atoms with Crippen LogP contribution in [-0.2, 0) is 14.9 Å². The number of carboxylic acid groups (broad SMARTS) is 1. The van der Waals surface area contributed by atoms with Crippen molar-refractivity contribution in [1.29, 1.82) is 0 Å². The number of ether oxygens (including phenoxy) is 2. The van der Waals surface area contributed by atoms with Crippen LogP contribution in [0.3, 0.4) is 0 Å². The molecule has 3 rings (SSSR count). The molecule has 2 heterocycles. The van der Waals surface area contributed by atoms with Crippen molar-refractivity contribution in [2.45, 2.75) is 31.1 Å². The first-order valence-electron chi connectivity index (χ1n) is 9.52. The highest BCUT2D eigenvalue weighted by Gasteiger charge is 2.36. The zero-order valence-corrected chi connectivity index (χ0v) is 15.8. The second kappa shape index (κ2) is 8.61. The molecular weight excluding hydrogens is 348 g/mol. The van der Waals surface area contributed by atoms with Crippen LogP contribution in [0, 0.1) is 5.92 Å². The third-order valence-electron chi connectivity index (χ3n) is 5.79. The van der Waals surface area contributed by atoms with Crippen molar-refractivity contribution in [3.8, 4) is 5.75 Å². The van der Waals surface area contributed by atoms with Crippen molar-refractivity contribution in [1.82, 2.24) is 10.2 Å². The van der Waals surface area contributed by atoms with Gasteiger partial charge >= 0.3 is 12.0 Å². The Balaban J connectivity index is 1.67. The fourth-order valence-corrected chi connectivity index (χ4v) is 3.99. The number of carbonyl (C=O) groups is 2. The molecule has 2 fully saturated rings. The summed E-state index contributed by atoms with van der Waals surface area (Å²) in [6.45, 7) is 2.71. The highest BCUT2D eigenvalue weighted by Crippen LogP contribution is 2.35. The van der Waals surface area contributed by atoms with E-state index in [1.807, 2.05) is 12.1 Å². The number of benzene rings is 1. The number of nitrogens with zero attached hydrogens (tertiary/aromatic N) is 1. The maximum atomic E-state index is 12.7. The van der Waals surface area contributed by atoms with Crippen LogP contribution in [0.15, 0.2) is 24.3 Å². The Morgan fingerprint density at radius 3 is 2.63 bits per heavy atom. The number of carboxylic acids is 1. The van der Waals surface area contributed by atoms with Gasteiger partial charge in [-0.2, -0.15) is 0 Å². The molecule has 0 aliphatic carbocycles. The molecule has 1 unspecified atom stereocenters. The molecule has 2 amide bonds. The number of nitrogens with one attached hydrogen (secondary N) is 1. The van der Waals surface area contributed by atoms with Gasteiger partial charge in [0.05, 0.1) is 13.0 Å². The summed E-state index contributed by atoms with van der Waals surface area (Å²) >= 11 is 0. The summed E-state index contributed by atoms with van der Waals surface area (Å²) in [7, 11) is 1.64. The predicted molar refractivity (Wildman–Crippen MR) is 100 cm³/mol. The first-order valence-corrected chi connectivity index (χ1v) is 9.52. The first-order chi connectivity index (χ1) is 13.0. The van der Waals surface area contributed by atoms with Crippen LogP contribution >= 0.6 is 0 Å². The molecule has 7 heteroatoms. The van der Waals surface area contributed by atoms with Gasteiger partial charge < -0.3 is 24.8 Å². The van der Waals surface area contributed by atoms with Crippen LogP contribution in [0.2, 0.25) is 0 Å². The highest BCUT2D eigenvalue weighted by molar-refractivity contribution is 5.76. The highest BCUT2D eigenvalue weighted by atomic mass is 16.5. The molecule has 2 saturated heterocycles. The number of carbonyl (C=O) groups excluding carboxylic acids is 1. The van der Waals surface area contributed by atoms with Gasteiger partial charge in [0.2, 0.25) is 0 Å². The molecule has 2 aliphatic heterocycles. The van der Waals surface area contributed by atoms with Crippen molar-refractivity contribution < 1.29 is 24.2 Å². The Morgan fingerprint density at radius 1 is 1.30 bits per heavy atom. The third-order valence-corrected chi connectivity index (χ3v) is 5.79. The number of hydrogen-bond donors (Lipinski definition) is 2. The van der Waals surface area contributed by atoms with Crippen molar-refractivity contribution in [3.05, 3.63) is 29.8 Å². The molecule has 0 saturated carbocycles. The average Bonchev–Trinajstić information content (AvgIpc) is 2.73. The van der Waals surface area contributed by atoms with Gasteiger partial charge in [0.1, 0.15) is 5.75 Å². The van der Waals surface area contributed by atoms with E-state index in [4.69, 9.17) is 9.47 Å². The Labute approximate surface area is 159 Å². The first kappa shape index (κ1) is 19.5. The van der Waals surface area contributed by atoms with E-state index in [1.54, 1.807) is 12.0 Å². The van der Waals surface area contributed by atoms with Crippen LogP contribution in [-0.4, -0.2) is 62.0 Å². The van der Waals surface area contributed by atoms with E-state index in [2.05, 4.69) is 17.4 Å². The van der Waals surface area contributed by atoms with Crippen LogP contribution < -0.4 is 10.1 Å². The van der Waals surface area contributed by atoms with Crippen LogP contribution in [0.4, 0.5) is 4.79 Å². The zero-order chi connectivity index (χ0) is 19.3. The quantitative estimate of drug-likeness (QED) is 0.823. The standard InChI is InChI=1S/C20H28N2O5/c1-26-17-6-4-16(5-7-17)20(8-11-27-12-9-20)14-21-19(25)22-10-2-3-15(13-22)18(23)24/h4-7,15H,2-3,8-14H2,1H3,(H,21,25)(H,23,24). The molecule has 148 valence electrons. The molecule has 0 spiro atoms. The molecule has 27 heavy (non-hydrogen) atoms. The minimum Gasteiger partial charge on any atom is -0.497 e. The second-order valence-corrected chi connectivity index (χ2v) is 7.40. The molecule has 0 bridgehead atoms. The Bertz CT molecular complexity index is 655. The van der Waals surface area contributed by atoms with Crippen LogP contribution in [0.25, 0.3) is 0 Å². The normalized spacial score (nSPS) is 22.1. The number of hydrogen-bond acceptors (Lipinski definition) is 4. The van der Waals surface area contributed by atoms with Gasteiger partial charge in [0.25, 0.3) is 0 Å². The molecule has 0 aromatic heterocycles. The van der Waals surface area contributed by atoms with E-state index in [9.17, 15) is 14.7 Å². The number of rotatable bonds is 5. The summed E-state index contributed by atoms with van der Waals surface area (Å²) in [5.41, 5.74) is 0.983. The van der Waals surface area contributed by atoms with Gasteiger partial charge in [-0.25, -0.2) is 4.79 Å². The third kappa shape index (κ3) is 4.53. The van der Waals surface area contributed by atoms with Crippen molar-refractivity contribution >= 4 is 12.0 Å². The fourth-order valence-electron chi connectivity index (χ4n) is 3.99. The van der Waals surface area contributed by atoms with Crippen molar-refractivity contribution in [2.75, 3.05) is 40.0 Å². The van der Waals surface area contributed by atoms with Crippen molar-refractivity contribution in [3.63, 3.8) is 0 Å². The fraction of sp³-hybridized carbons (Fsp3) is 0.600. The topological polar surface area (TPSA) is 88.1 Å². The minimum atomic E-state index is -0.827. The van der Waals surface area contributed by atoms with Gasteiger partial charge in [0, 0.05) is 38.3 Å². The summed E-state index contributed by atoms with van der Waals surface area (Å²) in [5, 5.41) is 12.3. The lowest BCUT2D eigenvalue weighted by Gasteiger charge is -2.39. The predicted octanol–water partition coefficient (Wildman–Crippen LogP) is 2.25. The maximum absolute atomic E-state index is 12.7. The number of methoxy groups -OCH3 is 1. The Morgan fingerprint density at radius 2 is 2.00 bits per heavy atom. The summed E-state index contributed by atoms with van der Waals surface area (Å²) in [6.07, 6.45) is 3.02. The molecular formula is C20H28N2O5. The van der Waals surface area contributed by atoms with E-state index in [-0.39, 0.29) is 18.0 Å². The minimum absolute atomic E-state index is 0.178. The SMILES string of the molecule is COc1ccc(C2(CNC(=O)N3CCCC(C(=O)O)C3)CCOCC2)cc1. The lowest BCUT2D eigenvalue weighted by Crippen LogP contribution is -2.51. The molecule has 2 aliphatic rings. The maximum Gasteiger partial charge on any atom is 0.317 e. The molecule has 1 aromatic rings. The van der Waals surface area contributed by atoms with Gasteiger partial charge in [-0.1, -0.05) is 12.1 Å². The Hall–Kier alpha value is -2.28. The van der Waals surface area contributed by atoms with Crippen LogP contribution in [0.5, 0.6) is 5.75 Å². The summed E-state index contributed by atoms with van der Waals surface area (Å²) in [5.74, 6) is -0.493. The van der Waals surface area contributed by atoms with E-state index in [0.29, 0.717) is 32.7 Å². The number of amides is 2. The van der Waals surface area contributed by atoms with Gasteiger partial charge in [0.15, 0.2) is 0 Å². The van der Waals surface area contributed by atoms with E-state index < -0.39 is 11.9 Å². The van der Waals surface area contributed by atoms with Gasteiger partial charge in [-0.3, -0.25) is 4.79 Å². The largest absolute Gasteiger partial charge is 0.497 e. The smallest absolute Gasteiger partial charge is 0.317 e. The van der Waals surface area contributed by atoms with E-state index in [1.165, 1.54) is 0 Å². The molecule has 2 N–H and O–H groups in total. The number of aliphatic carboxylic acids is 1. The number of piperidine rings is 1. The van der Waals surface area contributed by atoms with E-state index >= 15 is 0 Å². The lowest BCUT2D eigenvalue weighted by molar-refractivity contribution is -0.143. The molecule has 1 atom stereocenters. The monoisotopic (exact) mass is 376 g/mol. The van der Waals surface area contributed by atoms with Crippen molar-refractivity contribution in [2.24, 2.45) is 5.92 Å². The average molecular weight is 376 g/mol. The Kier molecular flexibility index (Phi) is 6.21. The molecule has 1 aromatic carbocycles. The van der Waals surface area contributed by atoms with Crippen LogP contribution in [0.1, 0.15) is 31.2 Å². The van der Waals surface area contributed by atoms with Gasteiger partial charge in [-0.15, -0.1) is 0 Å². The summed E-state index contributed by atoms with van der Waals surface area (Å²) in [4.78, 5) is 25.5. The number of urea groups is 1. The summed E-state index contributed by atoms with van der Waals surface area (Å²) in [6, 6.07) is 7.81.